The van der Waals surface area contributed by atoms with Gasteiger partial charge in [-0.2, -0.15) is 0 Å². The number of rotatable bonds is 7. The molecule has 0 heterocycles. The second-order valence-corrected chi connectivity index (χ2v) is 4.56. The average Bonchev–Trinajstić information content (AvgIpc) is 2.35. The maximum absolute atomic E-state index is 10.1. The molecule has 0 spiro atoms. The van der Waals surface area contributed by atoms with Crippen LogP contribution in [0, 0.1) is 0 Å². The van der Waals surface area contributed by atoms with Crippen molar-refractivity contribution in [1.82, 2.24) is 0 Å². The Kier molecular flexibility index (Phi) is 6.33. The van der Waals surface area contributed by atoms with Crippen molar-refractivity contribution < 1.29 is 14.0 Å². The van der Waals surface area contributed by atoms with Crippen molar-refractivity contribution in [2.24, 2.45) is 0 Å². The van der Waals surface area contributed by atoms with Gasteiger partial charge in [-0.05, 0) is 18.9 Å². The molecule has 0 saturated carbocycles. The van der Waals surface area contributed by atoms with Gasteiger partial charge < -0.3 is 14.0 Å². The molecule has 0 bridgehead atoms. The molecule has 90 valence electrons. The third-order valence-electron chi connectivity index (χ3n) is 2.47. The van der Waals surface area contributed by atoms with Crippen molar-refractivity contribution in [2.75, 3.05) is 6.61 Å². The third-order valence-corrected chi connectivity index (χ3v) is 3.60. The van der Waals surface area contributed by atoms with E-state index in [0.29, 0.717) is 6.61 Å². The minimum atomic E-state index is -0.955. The van der Waals surface area contributed by atoms with Crippen molar-refractivity contribution in [3.05, 3.63) is 35.9 Å². The quantitative estimate of drug-likeness (QED) is 0.580. The minimum absolute atomic E-state index is 0.152. The molecule has 1 aromatic rings. The summed E-state index contributed by atoms with van der Waals surface area (Å²) >= 11 is 0. The number of aliphatic hydroxyl groups excluding tert-OH is 1. The van der Waals surface area contributed by atoms with Crippen LogP contribution in [0.3, 0.4) is 0 Å². The summed E-state index contributed by atoms with van der Waals surface area (Å²) in [6.45, 7) is 4.65. The van der Waals surface area contributed by atoms with E-state index in [-0.39, 0.29) is 6.10 Å². The predicted octanol–water partition coefficient (Wildman–Crippen LogP) is 1.55. The highest BCUT2D eigenvalue weighted by atomic mass is 28.3. The molecule has 2 unspecified atom stereocenters. The summed E-state index contributed by atoms with van der Waals surface area (Å²) in [6, 6.07) is 9.61. The summed E-state index contributed by atoms with van der Waals surface area (Å²) in [5.41, 5.74) is 0.903. The highest BCUT2D eigenvalue weighted by Gasteiger charge is 2.19. The first-order valence-corrected chi connectivity index (χ1v) is 6.87. The van der Waals surface area contributed by atoms with Crippen LogP contribution in [0.5, 0.6) is 0 Å². The summed E-state index contributed by atoms with van der Waals surface area (Å²) in [5, 5.41) is 10.1. The topological polar surface area (TPSA) is 38.7 Å². The Morgan fingerprint density at radius 2 is 1.94 bits per heavy atom. The standard InChI is InChI=1S/C12H20O3Si/c1-3-11(15-16-14-4-2)12(13)10-8-6-5-7-9-10/h5-9,11-13H,3-4,16H2,1-2H3. The number of hydrogen-bond donors (Lipinski definition) is 1. The summed E-state index contributed by atoms with van der Waals surface area (Å²) in [5.74, 6) is 0. The van der Waals surface area contributed by atoms with Crippen molar-refractivity contribution in [3.63, 3.8) is 0 Å². The largest absolute Gasteiger partial charge is 0.399 e. The Morgan fingerprint density at radius 1 is 1.25 bits per heavy atom. The fraction of sp³-hybridized carbons (Fsp3) is 0.500. The van der Waals surface area contributed by atoms with Gasteiger partial charge >= 0.3 is 10.0 Å². The molecule has 4 heteroatoms. The van der Waals surface area contributed by atoms with E-state index in [9.17, 15) is 5.11 Å². The van der Waals surface area contributed by atoms with Crippen LogP contribution in [0.1, 0.15) is 31.9 Å². The molecule has 0 saturated heterocycles. The van der Waals surface area contributed by atoms with Crippen LogP contribution in [0.25, 0.3) is 0 Å². The molecular formula is C12H20O3Si. The van der Waals surface area contributed by atoms with Crippen LogP contribution < -0.4 is 0 Å². The molecule has 1 rings (SSSR count). The zero-order valence-electron chi connectivity index (χ0n) is 9.93. The van der Waals surface area contributed by atoms with Crippen LogP contribution in [-0.4, -0.2) is 27.8 Å². The molecule has 0 fully saturated rings. The monoisotopic (exact) mass is 240 g/mol. The maximum atomic E-state index is 10.1. The average molecular weight is 240 g/mol. The second-order valence-electron chi connectivity index (χ2n) is 3.58. The summed E-state index contributed by atoms with van der Waals surface area (Å²) < 4.78 is 10.9. The zero-order valence-corrected chi connectivity index (χ0v) is 11.3. The van der Waals surface area contributed by atoms with Crippen LogP contribution in [0.2, 0.25) is 0 Å². The molecule has 1 N–H and O–H groups in total. The molecule has 1 aromatic carbocycles. The van der Waals surface area contributed by atoms with Crippen LogP contribution >= 0.6 is 0 Å². The lowest BCUT2D eigenvalue weighted by atomic mass is 10.0. The smallest absolute Gasteiger partial charge is 0.304 e. The number of hydrogen-bond acceptors (Lipinski definition) is 3. The molecule has 16 heavy (non-hydrogen) atoms. The first-order valence-electron chi connectivity index (χ1n) is 5.72. The zero-order chi connectivity index (χ0) is 11.8. The van der Waals surface area contributed by atoms with Gasteiger partial charge in [0.05, 0.1) is 6.10 Å². The van der Waals surface area contributed by atoms with Gasteiger partial charge in [-0.1, -0.05) is 37.3 Å². The Labute approximate surface area is 99.5 Å². The molecule has 0 radical (unpaired) electrons. The number of benzene rings is 1. The SMILES string of the molecule is CCO[SiH2]OC(CC)C(O)c1ccccc1. The van der Waals surface area contributed by atoms with E-state index in [1.54, 1.807) is 0 Å². The number of aliphatic hydroxyl groups is 1. The molecule has 3 nitrogen and oxygen atoms in total. The first kappa shape index (κ1) is 13.4. The van der Waals surface area contributed by atoms with Gasteiger partial charge in [-0.3, -0.25) is 0 Å². The molecule has 0 aliphatic heterocycles. The van der Waals surface area contributed by atoms with Gasteiger partial charge in [0.25, 0.3) is 0 Å². The highest BCUT2D eigenvalue weighted by Crippen LogP contribution is 2.20. The third kappa shape index (κ3) is 4.06. The lowest BCUT2D eigenvalue weighted by Crippen LogP contribution is -2.24. The van der Waals surface area contributed by atoms with Gasteiger partial charge in [0, 0.05) is 6.61 Å². The van der Waals surface area contributed by atoms with Crippen molar-refractivity contribution in [1.29, 1.82) is 0 Å². The van der Waals surface area contributed by atoms with Gasteiger partial charge in [-0.15, -0.1) is 0 Å². The highest BCUT2D eigenvalue weighted by molar-refractivity contribution is 6.18. The van der Waals surface area contributed by atoms with Crippen molar-refractivity contribution >= 4 is 10.0 Å². The minimum Gasteiger partial charge on any atom is -0.399 e. The molecular weight excluding hydrogens is 220 g/mol. The second kappa shape index (κ2) is 7.57. The van der Waals surface area contributed by atoms with E-state index in [0.717, 1.165) is 12.0 Å². The normalized spacial score (nSPS) is 15.4. The van der Waals surface area contributed by atoms with E-state index in [1.807, 2.05) is 44.2 Å². The van der Waals surface area contributed by atoms with Gasteiger partial charge in [0.1, 0.15) is 6.10 Å². The molecule has 0 amide bonds. The lowest BCUT2D eigenvalue weighted by molar-refractivity contribution is 0.0222. The van der Waals surface area contributed by atoms with Crippen LogP contribution in [-0.2, 0) is 8.85 Å². The van der Waals surface area contributed by atoms with E-state index in [1.165, 1.54) is 0 Å². The van der Waals surface area contributed by atoms with E-state index < -0.39 is 16.1 Å². The van der Waals surface area contributed by atoms with Gasteiger partial charge in [-0.25, -0.2) is 0 Å². The Balaban J connectivity index is 2.52. The Bertz CT molecular complexity index is 279. The van der Waals surface area contributed by atoms with E-state index in [2.05, 4.69) is 0 Å². The molecule has 0 aliphatic rings. The summed E-state index contributed by atoms with van der Waals surface area (Å²) in [7, 11) is -0.955. The predicted molar refractivity (Wildman–Crippen MR) is 66.7 cm³/mol. The van der Waals surface area contributed by atoms with Crippen LogP contribution in [0.4, 0.5) is 0 Å². The molecule has 0 aliphatic carbocycles. The Hall–Kier alpha value is -0.683. The van der Waals surface area contributed by atoms with Crippen molar-refractivity contribution in [3.8, 4) is 0 Å². The van der Waals surface area contributed by atoms with Gasteiger partial charge in [0.2, 0.25) is 0 Å². The summed E-state index contributed by atoms with van der Waals surface area (Å²) in [4.78, 5) is 0. The molecule has 0 aromatic heterocycles. The van der Waals surface area contributed by atoms with E-state index in [4.69, 9.17) is 8.85 Å². The maximum Gasteiger partial charge on any atom is 0.304 e. The molecule has 2 atom stereocenters. The van der Waals surface area contributed by atoms with Crippen molar-refractivity contribution in [2.45, 2.75) is 32.5 Å². The van der Waals surface area contributed by atoms with Crippen LogP contribution in [0.15, 0.2) is 30.3 Å². The Morgan fingerprint density at radius 3 is 2.50 bits per heavy atom. The van der Waals surface area contributed by atoms with Gasteiger partial charge in [0.15, 0.2) is 0 Å². The summed E-state index contributed by atoms with van der Waals surface area (Å²) in [6.07, 6.45) is 0.0793. The fourth-order valence-corrected chi connectivity index (χ4v) is 2.37. The lowest BCUT2D eigenvalue weighted by Gasteiger charge is -2.22. The van der Waals surface area contributed by atoms with E-state index >= 15 is 0 Å². The fourth-order valence-electron chi connectivity index (χ4n) is 1.52. The first-order chi connectivity index (χ1) is 7.79.